The highest BCUT2D eigenvalue weighted by atomic mass is 16.5. The monoisotopic (exact) mass is 368 g/mol. The van der Waals surface area contributed by atoms with Crippen molar-refractivity contribution in [1.82, 2.24) is 29.4 Å². The summed E-state index contributed by atoms with van der Waals surface area (Å²) in [4.78, 5) is 14.9. The lowest BCUT2D eigenvalue weighted by Crippen LogP contribution is -2.38. The lowest BCUT2D eigenvalue weighted by atomic mass is 10.2. The summed E-state index contributed by atoms with van der Waals surface area (Å²) in [6.07, 6.45) is 4.69. The maximum Gasteiger partial charge on any atom is 0.252 e. The number of morpholine rings is 1. The minimum Gasteiger partial charge on any atom is -0.379 e. The molecule has 0 bridgehead atoms. The maximum absolute atomic E-state index is 12.5. The van der Waals surface area contributed by atoms with E-state index in [1.54, 1.807) is 12.3 Å². The summed E-state index contributed by atoms with van der Waals surface area (Å²) in [5.41, 5.74) is 2.27. The van der Waals surface area contributed by atoms with Crippen molar-refractivity contribution < 1.29 is 9.53 Å². The van der Waals surface area contributed by atoms with Crippen LogP contribution in [0.5, 0.6) is 0 Å². The van der Waals surface area contributed by atoms with Crippen molar-refractivity contribution >= 4 is 11.6 Å². The van der Waals surface area contributed by atoms with E-state index in [2.05, 4.69) is 20.4 Å². The molecule has 3 aromatic rings. The molecule has 1 saturated heterocycles. The van der Waals surface area contributed by atoms with Crippen molar-refractivity contribution in [2.75, 3.05) is 39.4 Å². The molecule has 8 nitrogen and oxygen atoms in total. The number of aryl methyl sites for hydroxylation is 1. The van der Waals surface area contributed by atoms with E-state index in [-0.39, 0.29) is 5.91 Å². The summed E-state index contributed by atoms with van der Waals surface area (Å²) in [5, 5.41) is 11.5. The standard InChI is InChI=1S/C19H24N6O2/c1-23-8-2-4-16(23)18-22-21-17-6-5-15(14-25(17)18)19(26)20-7-3-9-24-10-12-27-13-11-24/h2,4-6,8,14H,3,7,9-13H2,1H3,(H,20,26). The van der Waals surface area contributed by atoms with Gasteiger partial charge in [-0.1, -0.05) is 0 Å². The van der Waals surface area contributed by atoms with Crippen LogP contribution in [0.2, 0.25) is 0 Å². The molecule has 1 aliphatic rings. The zero-order valence-corrected chi connectivity index (χ0v) is 15.5. The number of rotatable bonds is 6. The Hall–Kier alpha value is -2.71. The lowest BCUT2D eigenvalue weighted by molar-refractivity contribution is 0.0374. The number of aromatic nitrogens is 4. The van der Waals surface area contributed by atoms with Crippen LogP contribution < -0.4 is 5.32 Å². The van der Waals surface area contributed by atoms with Crippen molar-refractivity contribution in [3.8, 4) is 11.5 Å². The quantitative estimate of drug-likeness (QED) is 0.662. The van der Waals surface area contributed by atoms with Gasteiger partial charge in [-0.2, -0.15) is 0 Å². The molecule has 27 heavy (non-hydrogen) atoms. The van der Waals surface area contributed by atoms with Crippen LogP contribution in [0.4, 0.5) is 0 Å². The Kier molecular flexibility index (Phi) is 5.17. The lowest BCUT2D eigenvalue weighted by Gasteiger charge is -2.26. The summed E-state index contributed by atoms with van der Waals surface area (Å²) >= 11 is 0. The Balaban J connectivity index is 1.40. The Bertz CT molecular complexity index is 925. The largest absolute Gasteiger partial charge is 0.379 e. The number of carbonyl (C=O) groups is 1. The molecule has 0 atom stereocenters. The Morgan fingerprint density at radius 3 is 2.85 bits per heavy atom. The molecule has 3 aromatic heterocycles. The van der Waals surface area contributed by atoms with Gasteiger partial charge in [-0.15, -0.1) is 10.2 Å². The van der Waals surface area contributed by atoms with E-state index in [1.807, 2.05) is 40.4 Å². The summed E-state index contributed by atoms with van der Waals surface area (Å²) in [5.74, 6) is 0.643. The van der Waals surface area contributed by atoms with Gasteiger partial charge in [0.1, 0.15) is 0 Å². The second kappa shape index (κ2) is 7.89. The molecule has 142 valence electrons. The van der Waals surface area contributed by atoms with Crippen molar-refractivity contribution in [2.24, 2.45) is 7.05 Å². The van der Waals surface area contributed by atoms with Gasteiger partial charge in [0.15, 0.2) is 11.5 Å². The molecule has 4 heterocycles. The number of hydrogen-bond donors (Lipinski definition) is 1. The highest BCUT2D eigenvalue weighted by Crippen LogP contribution is 2.18. The number of nitrogens with zero attached hydrogens (tertiary/aromatic N) is 5. The SMILES string of the molecule is Cn1cccc1-c1nnc2ccc(C(=O)NCCCN3CCOCC3)cn12. The average molecular weight is 368 g/mol. The predicted molar refractivity (Wildman–Crippen MR) is 102 cm³/mol. The first-order valence-electron chi connectivity index (χ1n) is 9.27. The smallest absolute Gasteiger partial charge is 0.252 e. The van der Waals surface area contributed by atoms with E-state index < -0.39 is 0 Å². The minimum atomic E-state index is -0.0783. The highest BCUT2D eigenvalue weighted by molar-refractivity contribution is 5.94. The van der Waals surface area contributed by atoms with Crippen molar-refractivity contribution in [1.29, 1.82) is 0 Å². The molecular weight excluding hydrogens is 344 g/mol. The topological polar surface area (TPSA) is 76.7 Å². The number of ether oxygens (including phenoxy) is 1. The molecule has 1 fully saturated rings. The minimum absolute atomic E-state index is 0.0783. The van der Waals surface area contributed by atoms with Crippen LogP contribution in [-0.4, -0.2) is 69.4 Å². The van der Waals surface area contributed by atoms with Crippen LogP contribution in [0, 0.1) is 0 Å². The molecular formula is C19H24N6O2. The fourth-order valence-corrected chi connectivity index (χ4v) is 3.32. The van der Waals surface area contributed by atoms with Crippen LogP contribution in [0.1, 0.15) is 16.8 Å². The number of amides is 1. The van der Waals surface area contributed by atoms with Gasteiger partial charge < -0.3 is 14.6 Å². The Labute approximate surface area is 157 Å². The molecule has 0 aliphatic carbocycles. The van der Waals surface area contributed by atoms with E-state index in [4.69, 9.17) is 4.74 Å². The summed E-state index contributed by atoms with van der Waals surface area (Å²) in [6.45, 7) is 5.18. The van der Waals surface area contributed by atoms with Gasteiger partial charge in [0.25, 0.3) is 5.91 Å². The molecule has 0 aromatic carbocycles. The van der Waals surface area contributed by atoms with Crippen molar-refractivity contribution in [3.63, 3.8) is 0 Å². The van der Waals surface area contributed by atoms with Gasteiger partial charge in [-0.05, 0) is 37.2 Å². The molecule has 4 rings (SSSR count). The molecule has 0 unspecified atom stereocenters. The molecule has 1 amide bonds. The van der Waals surface area contributed by atoms with E-state index in [0.717, 1.165) is 56.4 Å². The van der Waals surface area contributed by atoms with E-state index in [1.165, 1.54) is 0 Å². The number of carbonyl (C=O) groups excluding carboxylic acids is 1. The number of nitrogens with one attached hydrogen (secondary N) is 1. The Morgan fingerprint density at radius 1 is 1.22 bits per heavy atom. The summed E-state index contributed by atoms with van der Waals surface area (Å²) in [6, 6.07) is 7.55. The normalized spacial score (nSPS) is 15.3. The second-order valence-corrected chi connectivity index (χ2v) is 6.74. The van der Waals surface area contributed by atoms with Crippen LogP contribution in [-0.2, 0) is 11.8 Å². The van der Waals surface area contributed by atoms with Gasteiger partial charge >= 0.3 is 0 Å². The van der Waals surface area contributed by atoms with Gasteiger partial charge in [-0.25, -0.2) is 0 Å². The molecule has 8 heteroatoms. The highest BCUT2D eigenvalue weighted by Gasteiger charge is 2.14. The third-order valence-corrected chi connectivity index (χ3v) is 4.88. The molecule has 1 N–H and O–H groups in total. The van der Waals surface area contributed by atoms with Gasteiger partial charge in [0.05, 0.1) is 24.5 Å². The van der Waals surface area contributed by atoms with Crippen LogP contribution >= 0.6 is 0 Å². The van der Waals surface area contributed by atoms with Crippen molar-refractivity contribution in [2.45, 2.75) is 6.42 Å². The summed E-state index contributed by atoms with van der Waals surface area (Å²) < 4.78 is 9.19. The zero-order valence-electron chi connectivity index (χ0n) is 15.5. The third-order valence-electron chi connectivity index (χ3n) is 4.88. The first-order valence-corrected chi connectivity index (χ1v) is 9.27. The Morgan fingerprint density at radius 2 is 2.07 bits per heavy atom. The molecule has 0 radical (unpaired) electrons. The number of pyridine rings is 1. The third kappa shape index (κ3) is 3.86. The second-order valence-electron chi connectivity index (χ2n) is 6.74. The van der Waals surface area contributed by atoms with Gasteiger partial charge in [-0.3, -0.25) is 14.1 Å². The first-order chi connectivity index (χ1) is 13.2. The molecule has 0 saturated carbocycles. The van der Waals surface area contributed by atoms with E-state index >= 15 is 0 Å². The molecule has 0 spiro atoms. The average Bonchev–Trinajstić information content (AvgIpc) is 3.31. The maximum atomic E-state index is 12.5. The van der Waals surface area contributed by atoms with E-state index in [9.17, 15) is 4.79 Å². The summed E-state index contributed by atoms with van der Waals surface area (Å²) in [7, 11) is 1.96. The van der Waals surface area contributed by atoms with Crippen LogP contribution in [0.3, 0.4) is 0 Å². The molecule has 1 aliphatic heterocycles. The van der Waals surface area contributed by atoms with Crippen LogP contribution in [0.15, 0.2) is 36.7 Å². The first kappa shape index (κ1) is 17.7. The van der Waals surface area contributed by atoms with Crippen molar-refractivity contribution in [3.05, 3.63) is 42.2 Å². The van der Waals surface area contributed by atoms with Gasteiger partial charge in [0, 0.05) is 39.1 Å². The zero-order chi connectivity index (χ0) is 18.6. The number of fused-ring (bicyclic) bond motifs is 1. The fourth-order valence-electron chi connectivity index (χ4n) is 3.32. The van der Waals surface area contributed by atoms with Crippen LogP contribution in [0.25, 0.3) is 17.2 Å². The predicted octanol–water partition coefficient (Wildman–Crippen LogP) is 1.19. The van der Waals surface area contributed by atoms with E-state index in [0.29, 0.717) is 12.1 Å². The number of hydrogen-bond acceptors (Lipinski definition) is 5. The fraction of sp³-hybridized carbons (Fsp3) is 0.421. The van der Waals surface area contributed by atoms with Gasteiger partial charge in [0.2, 0.25) is 0 Å².